The smallest absolute Gasteiger partial charge is 0.250 e. The lowest BCUT2D eigenvalue weighted by Crippen LogP contribution is -2.37. The number of rotatable bonds is 3. The first-order chi connectivity index (χ1) is 8.62. The molecule has 1 N–H and O–H groups in total. The van der Waals surface area contributed by atoms with Gasteiger partial charge in [0.15, 0.2) is 11.2 Å². The number of Topliss-reactive ketones (excluding diaryl/α,β-unsaturated/α-hetero) is 1. The molecule has 3 nitrogen and oxygen atoms in total. The number of hydrogen-bond acceptors (Lipinski definition) is 2. The van der Waals surface area contributed by atoms with Gasteiger partial charge in [-0.15, -0.1) is 11.6 Å². The van der Waals surface area contributed by atoms with Crippen molar-refractivity contribution >= 4 is 52.2 Å². The second-order valence-electron chi connectivity index (χ2n) is 5.09. The Bertz CT molecular complexity index is 509. The van der Waals surface area contributed by atoms with Crippen molar-refractivity contribution in [2.45, 2.75) is 26.1 Å². The van der Waals surface area contributed by atoms with Crippen LogP contribution in [-0.4, -0.2) is 17.1 Å². The van der Waals surface area contributed by atoms with Crippen LogP contribution in [0.25, 0.3) is 0 Å². The van der Waals surface area contributed by atoms with Gasteiger partial charge >= 0.3 is 0 Å². The molecular weight excluding hydrogens is 309 g/mol. The molecular formula is C13H14Cl3NO2. The zero-order valence-electron chi connectivity index (χ0n) is 10.8. The molecule has 1 aromatic carbocycles. The highest BCUT2D eigenvalue weighted by atomic mass is 35.5. The average molecular weight is 323 g/mol. The Morgan fingerprint density at radius 3 is 2.32 bits per heavy atom. The van der Waals surface area contributed by atoms with E-state index < -0.39 is 16.7 Å². The SMILES string of the molecule is CC(C)(C)C(=O)C(Cl)C(=O)Nc1cc(Cl)ccc1Cl. The van der Waals surface area contributed by atoms with Gasteiger partial charge < -0.3 is 5.32 Å². The second-order valence-corrected chi connectivity index (χ2v) is 6.37. The molecule has 0 bridgehead atoms. The molecule has 0 aromatic heterocycles. The van der Waals surface area contributed by atoms with E-state index in [0.29, 0.717) is 15.7 Å². The zero-order chi connectivity index (χ0) is 14.8. The Labute approximate surface area is 127 Å². The summed E-state index contributed by atoms with van der Waals surface area (Å²) < 4.78 is 0. The molecule has 0 fully saturated rings. The van der Waals surface area contributed by atoms with Crippen LogP contribution in [0.3, 0.4) is 0 Å². The van der Waals surface area contributed by atoms with Crippen molar-refractivity contribution in [3.63, 3.8) is 0 Å². The fraction of sp³-hybridized carbons (Fsp3) is 0.385. The highest BCUT2D eigenvalue weighted by Gasteiger charge is 2.33. The lowest BCUT2D eigenvalue weighted by molar-refractivity contribution is -0.130. The van der Waals surface area contributed by atoms with Crippen molar-refractivity contribution < 1.29 is 9.59 Å². The normalized spacial score (nSPS) is 12.9. The molecule has 1 aromatic rings. The van der Waals surface area contributed by atoms with Crippen molar-refractivity contribution in [3.8, 4) is 0 Å². The van der Waals surface area contributed by atoms with Crippen molar-refractivity contribution in [2.75, 3.05) is 5.32 Å². The van der Waals surface area contributed by atoms with E-state index in [9.17, 15) is 9.59 Å². The number of nitrogens with one attached hydrogen (secondary N) is 1. The third-order valence-electron chi connectivity index (χ3n) is 2.39. The lowest BCUT2D eigenvalue weighted by Gasteiger charge is -2.20. The van der Waals surface area contributed by atoms with Crippen LogP contribution in [0.15, 0.2) is 18.2 Å². The van der Waals surface area contributed by atoms with Gasteiger partial charge in [-0.25, -0.2) is 0 Å². The molecule has 0 saturated heterocycles. The van der Waals surface area contributed by atoms with Gasteiger partial charge in [-0.3, -0.25) is 9.59 Å². The van der Waals surface area contributed by atoms with Crippen LogP contribution >= 0.6 is 34.8 Å². The molecule has 19 heavy (non-hydrogen) atoms. The van der Waals surface area contributed by atoms with E-state index >= 15 is 0 Å². The zero-order valence-corrected chi connectivity index (χ0v) is 13.0. The topological polar surface area (TPSA) is 46.2 Å². The van der Waals surface area contributed by atoms with Gasteiger partial charge in [-0.2, -0.15) is 0 Å². The third-order valence-corrected chi connectivity index (χ3v) is 3.35. The number of carbonyl (C=O) groups excluding carboxylic acids is 2. The molecule has 0 saturated carbocycles. The van der Waals surface area contributed by atoms with Crippen LogP contribution < -0.4 is 5.32 Å². The molecule has 1 amide bonds. The molecule has 1 unspecified atom stereocenters. The minimum absolute atomic E-state index is 0.324. The standard InChI is InChI=1S/C13H14Cl3NO2/c1-13(2,3)11(18)10(16)12(19)17-9-6-7(14)4-5-8(9)15/h4-6,10H,1-3H3,(H,17,19). The molecule has 0 radical (unpaired) electrons. The first kappa shape index (κ1) is 16.3. The van der Waals surface area contributed by atoms with Crippen molar-refractivity contribution in [2.24, 2.45) is 5.41 Å². The first-order valence-corrected chi connectivity index (χ1v) is 6.76. The van der Waals surface area contributed by atoms with Crippen molar-refractivity contribution in [3.05, 3.63) is 28.2 Å². The van der Waals surface area contributed by atoms with Crippen LogP contribution in [-0.2, 0) is 9.59 Å². The first-order valence-electron chi connectivity index (χ1n) is 5.57. The number of benzene rings is 1. The Balaban J connectivity index is 2.85. The molecule has 0 spiro atoms. The number of halogens is 3. The predicted molar refractivity (Wildman–Crippen MR) is 79.2 cm³/mol. The third kappa shape index (κ3) is 4.37. The second kappa shape index (κ2) is 6.12. The summed E-state index contributed by atoms with van der Waals surface area (Å²) in [4.78, 5) is 23.8. The van der Waals surface area contributed by atoms with E-state index in [1.807, 2.05) is 0 Å². The largest absolute Gasteiger partial charge is 0.323 e. The van der Waals surface area contributed by atoms with Gasteiger partial charge in [-0.1, -0.05) is 44.0 Å². The van der Waals surface area contributed by atoms with E-state index in [2.05, 4.69) is 5.32 Å². The van der Waals surface area contributed by atoms with Crippen molar-refractivity contribution in [1.82, 2.24) is 0 Å². The summed E-state index contributed by atoms with van der Waals surface area (Å²) in [6, 6.07) is 4.64. The van der Waals surface area contributed by atoms with E-state index in [4.69, 9.17) is 34.8 Å². The molecule has 0 aliphatic heterocycles. The number of ketones is 1. The monoisotopic (exact) mass is 321 g/mol. The van der Waals surface area contributed by atoms with Gasteiger partial charge in [0.2, 0.25) is 5.91 Å². The molecule has 1 rings (SSSR count). The summed E-state index contributed by atoms with van der Waals surface area (Å²) >= 11 is 17.6. The van der Waals surface area contributed by atoms with Crippen LogP contribution in [0.5, 0.6) is 0 Å². The van der Waals surface area contributed by atoms with Gasteiger partial charge in [0, 0.05) is 10.4 Å². The van der Waals surface area contributed by atoms with Crippen LogP contribution in [0.2, 0.25) is 10.0 Å². The summed E-state index contributed by atoms with van der Waals surface area (Å²) in [7, 11) is 0. The van der Waals surface area contributed by atoms with Gasteiger partial charge in [0.05, 0.1) is 10.7 Å². The fourth-order valence-electron chi connectivity index (χ4n) is 1.29. The molecule has 6 heteroatoms. The predicted octanol–water partition coefficient (Wildman–Crippen LogP) is 4.15. The Kier molecular flexibility index (Phi) is 5.25. The number of amides is 1. The molecule has 104 valence electrons. The number of hydrogen-bond donors (Lipinski definition) is 1. The minimum Gasteiger partial charge on any atom is -0.323 e. The maximum atomic E-state index is 11.9. The van der Waals surface area contributed by atoms with Crippen LogP contribution in [0.1, 0.15) is 20.8 Å². The van der Waals surface area contributed by atoms with Gasteiger partial charge in [-0.05, 0) is 18.2 Å². The lowest BCUT2D eigenvalue weighted by atomic mass is 9.88. The summed E-state index contributed by atoms with van der Waals surface area (Å²) in [6.45, 7) is 5.10. The Morgan fingerprint density at radius 1 is 1.21 bits per heavy atom. The summed E-state index contributed by atoms with van der Waals surface area (Å²) in [5, 5.41) is 1.98. The van der Waals surface area contributed by atoms with E-state index in [1.165, 1.54) is 6.07 Å². The van der Waals surface area contributed by atoms with Crippen molar-refractivity contribution in [1.29, 1.82) is 0 Å². The molecule has 1 atom stereocenters. The minimum atomic E-state index is -1.27. The van der Waals surface area contributed by atoms with E-state index in [0.717, 1.165) is 0 Å². The maximum absolute atomic E-state index is 11.9. The summed E-state index contributed by atoms with van der Waals surface area (Å²) in [5.74, 6) is -0.976. The van der Waals surface area contributed by atoms with E-state index in [-0.39, 0.29) is 5.78 Å². The number of carbonyl (C=O) groups is 2. The van der Waals surface area contributed by atoms with Gasteiger partial charge in [0.1, 0.15) is 0 Å². The van der Waals surface area contributed by atoms with Crippen LogP contribution in [0, 0.1) is 5.41 Å². The highest BCUT2D eigenvalue weighted by molar-refractivity contribution is 6.44. The Hall–Kier alpha value is -0.770. The fourth-order valence-corrected chi connectivity index (χ4v) is 2.01. The molecule has 0 aliphatic carbocycles. The number of anilines is 1. The Morgan fingerprint density at radius 2 is 1.79 bits per heavy atom. The highest BCUT2D eigenvalue weighted by Crippen LogP contribution is 2.27. The molecule has 0 aliphatic rings. The maximum Gasteiger partial charge on any atom is 0.250 e. The molecule has 0 heterocycles. The van der Waals surface area contributed by atoms with Gasteiger partial charge in [0.25, 0.3) is 0 Å². The summed E-state index contributed by atoms with van der Waals surface area (Å²) in [6.07, 6.45) is 0. The summed E-state index contributed by atoms with van der Waals surface area (Å²) in [5.41, 5.74) is -0.367. The van der Waals surface area contributed by atoms with E-state index in [1.54, 1.807) is 32.9 Å². The van der Waals surface area contributed by atoms with Crippen LogP contribution in [0.4, 0.5) is 5.69 Å². The quantitative estimate of drug-likeness (QED) is 0.671. The average Bonchev–Trinajstić information content (AvgIpc) is 2.30. The number of alkyl halides is 1.